The minimum atomic E-state index is 0.581. The van der Waals surface area contributed by atoms with E-state index in [1.165, 1.54) is 0 Å². The van der Waals surface area contributed by atoms with Gasteiger partial charge in [0, 0.05) is 10.8 Å². The minimum absolute atomic E-state index is 0.581. The van der Waals surface area contributed by atoms with Crippen LogP contribution < -0.4 is 14.2 Å². The largest absolute Gasteiger partial charge is 0.494 e. The first-order chi connectivity index (χ1) is 9.79. The fraction of sp³-hybridized carbons (Fsp3) is 0.250. The van der Waals surface area contributed by atoms with E-state index in [4.69, 9.17) is 14.2 Å². The van der Waals surface area contributed by atoms with Crippen LogP contribution in [0.2, 0.25) is 0 Å². The molecule has 0 amide bonds. The van der Waals surface area contributed by atoms with E-state index in [-0.39, 0.29) is 0 Å². The molecule has 1 aliphatic heterocycles. The number of aromatic amines is 1. The third-order valence-corrected chi connectivity index (χ3v) is 3.81. The molecule has 0 saturated heterocycles. The van der Waals surface area contributed by atoms with Gasteiger partial charge in [-0.25, -0.2) is 0 Å². The van der Waals surface area contributed by atoms with Gasteiger partial charge < -0.3 is 19.2 Å². The summed E-state index contributed by atoms with van der Waals surface area (Å²) in [5.74, 6) is 2.47. The second-order valence-electron chi connectivity index (χ2n) is 4.98. The number of benzene rings is 2. The Balaban J connectivity index is 2.13. The molecule has 0 saturated carbocycles. The van der Waals surface area contributed by atoms with Gasteiger partial charge >= 0.3 is 0 Å². The average Bonchev–Trinajstić information content (AvgIpc) is 2.86. The lowest BCUT2D eigenvalue weighted by atomic mass is 10.1. The van der Waals surface area contributed by atoms with Gasteiger partial charge in [-0.3, -0.25) is 0 Å². The van der Waals surface area contributed by atoms with E-state index in [9.17, 15) is 0 Å². The second kappa shape index (κ2) is 4.07. The van der Waals surface area contributed by atoms with E-state index in [1.807, 2.05) is 13.0 Å². The van der Waals surface area contributed by atoms with E-state index in [0.29, 0.717) is 13.2 Å². The summed E-state index contributed by atoms with van der Waals surface area (Å²) in [5, 5.41) is 2.27. The smallest absolute Gasteiger partial charge is 0.185 e. The minimum Gasteiger partial charge on any atom is -0.494 e. The summed E-state index contributed by atoms with van der Waals surface area (Å²) in [5.41, 5.74) is 3.09. The van der Waals surface area contributed by atoms with Crippen molar-refractivity contribution in [3.63, 3.8) is 0 Å². The van der Waals surface area contributed by atoms with Crippen molar-refractivity contribution in [2.24, 2.45) is 0 Å². The third-order valence-electron chi connectivity index (χ3n) is 3.81. The normalized spacial score (nSPS) is 13.9. The Morgan fingerprint density at radius 1 is 1.00 bits per heavy atom. The number of hydrogen-bond donors (Lipinski definition) is 1. The molecule has 0 fully saturated rings. The Kier molecular flexibility index (Phi) is 2.33. The number of aromatic nitrogens is 1. The molecule has 0 unspecified atom stereocenters. The summed E-state index contributed by atoms with van der Waals surface area (Å²) in [4.78, 5) is 3.44. The fourth-order valence-corrected chi connectivity index (χ4v) is 2.89. The van der Waals surface area contributed by atoms with Crippen molar-refractivity contribution in [2.75, 3.05) is 20.3 Å². The van der Waals surface area contributed by atoms with Gasteiger partial charge in [0.15, 0.2) is 11.5 Å². The Morgan fingerprint density at radius 3 is 2.60 bits per heavy atom. The number of hydrogen-bond acceptors (Lipinski definition) is 3. The quantitative estimate of drug-likeness (QED) is 0.736. The molecule has 0 bridgehead atoms. The standard InChI is InChI=1S/C16H15NO3/c1-9-3-4-10-11-5-6-12-16(20-8-7-19-12)14(11)17-13(10)15(9)18-2/h3-6,17H,7-8H2,1-2H3. The number of rotatable bonds is 1. The van der Waals surface area contributed by atoms with E-state index in [1.54, 1.807) is 7.11 Å². The van der Waals surface area contributed by atoms with Gasteiger partial charge in [-0.15, -0.1) is 0 Å². The molecule has 0 spiro atoms. The van der Waals surface area contributed by atoms with Gasteiger partial charge in [-0.05, 0) is 24.6 Å². The van der Waals surface area contributed by atoms with Crippen LogP contribution >= 0.6 is 0 Å². The Bertz CT molecular complexity index is 820. The first kappa shape index (κ1) is 11.5. The summed E-state index contributed by atoms with van der Waals surface area (Å²) in [6, 6.07) is 8.22. The zero-order valence-corrected chi connectivity index (χ0v) is 11.4. The maximum absolute atomic E-state index is 5.77. The monoisotopic (exact) mass is 269 g/mol. The SMILES string of the molecule is COc1c(C)ccc2c1[nH]c1c3c(ccc12)OCCO3. The number of nitrogens with one attached hydrogen (secondary N) is 1. The van der Waals surface area contributed by atoms with E-state index in [0.717, 1.165) is 44.6 Å². The molecule has 1 aromatic heterocycles. The molecule has 0 atom stereocenters. The van der Waals surface area contributed by atoms with Gasteiger partial charge in [-0.1, -0.05) is 12.1 Å². The fourth-order valence-electron chi connectivity index (χ4n) is 2.89. The first-order valence-electron chi connectivity index (χ1n) is 6.67. The summed E-state index contributed by atoms with van der Waals surface area (Å²) >= 11 is 0. The summed E-state index contributed by atoms with van der Waals surface area (Å²) < 4.78 is 16.9. The van der Waals surface area contributed by atoms with Crippen molar-refractivity contribution in [2.45, 2.75) is 6.92 Å². The molecule has 1 N–H and O–H groups in total. The topological polar surface area (TPSA) is 43.5 Å². The molecule has 2 aromatic carbocycles. The molecule has 1 aliphatic rings. The van der Waals surface area contributed by atoms with Crippen LogP contribution in [0.15, 0.2) is 24.3 Å². The van der Waals surface area contributed by atoms with Crippen molar-refractivity contribution >= 4 is 21.8 Å². The Morgan fingerprint density at radius 2 is 1.75 bits per heavy atom. The highest BCUT2D eigenvalue weighted by atomic mass is 16.6. The molecule has 3 aromatic rings. The van der Waals surface area contributed by atoms with Crippen LogP contribution in [0.1, 0.15) is 5.56 Å². The highest BCUT2D eigenvalue weighted by Crippen LogP contribution is 2.42. The average molecular weight is 269 g/mol. The van der Waals surface area contributed by atoms with Crippen molar-refractivity contribution in [3.05, 3.63) is 29.8 Å². The van der Waals surface area contributed by atoms with Gasteiger partial charge in [0.25, 0.3) is 0 Å². The Hall–Kier alpha value is -2.36. The number of aryl methyl sites for hydroxylation is 1. The number of fused-ring (bicyclic) bond motifs is 5. The van der Waals surface area contributed by atoms with Crippen LogP contribution in [-0.4, -0.2) is 25.3 Å². The highest BCUT2D eigenvalue weighted by molar-refractivity contribution is 6.12. The molecule has 0 aliphatic carbocycles. The molecule has 20 heavy (non-hydrogen) atoms. The molecular formula is C16H15NO3. The predicted molar refractivity (Wildman–Crippen MR) is 78.1 cm³/mol. The van der Waals surface area contributed by atoms with Crippen molar-refractivity contribution < 1.29 is 14.2 Å². The van der Waals surface area contributed by atoms with Gasteiger partial charge in [0.05, 0.1) is 18.1 Å². The van der Waals surface area contributed by atoms with Crippen LogP contribution in [0.5, 0.6) is 17.2 Å². The van der Waals surface area contributed by atoms with Crippen LogP contribution in [0, 0.1) is 6.92 Å². The van der Waals surface area contributed by atoms with Gasteiger partial charge in [0.1, 0.15) is 19.0 Å². The maximum atomic E-state index is 5.77. The van der Waals surface area contributed by atoms with Crippen LogP contribution in [0.4, 0.5) is 0 Å². The molecule has 4 rings (SSSR count). The number of H-pyrrole nitrogens is 1. The lowest BCUT2D eigenvalue weighted by Crippen LogP contribution is -2.15. The third kappa shape index (κ3) is 1.42. The number of ether oxygens (including phenoxy) is 3. The van der Waals surface area contributed by atoms with E-state index >= 15 is 0 Å². The molecule has 102 valence electrons. The maximum Gasteiger partial charge on any atom is 0.185 e. The lowest BCUT2D eigenvalue weighted by Gasteiger charge is -2.18. The zero-order valence-electron chi connectivity index (χ0n) is 11.4. The molecule has 4 nitrogen and oxygen atoms in total. The summed E-state index contributed by atoms with van der Waals surface area (Å²) in [6.45, 7) is 3.22. The first-order valence-corrected chi connectivity index (χ1v) is 6.67. The zero-order chi connectivity index (χ0) is 13.7. The highest BCUT2D eigenvalue weighted by Gasteiger charge is 2.19. The van der Waals surface area contributed by atoms with E-state index < -0.39 is 0 Å². The molecule has 0 radical (unpaired) electrons. The lowest BCUT2D eigenvalue weighted by molar-refractivity contribution is 0.173. The van der Waals surface area contributed by atoms with Gasteiger partial charge in [0.2, 0.25) is 0 Å². The van der Waals surface area contributed by atoms with Crippen LogP contribution in [0.25, 0.3) is 21.8 Å². The second-order valence-corrected chi connectivity index (χ2v) is 4.98. The van der Waals surface area contributed by atoms with Gasteiger partial charge in [-0.2, -0.15) is 0 Å². The number of methoxy groups -OCH3 is 1. The molecular weight excluding hydrogens is 254 g/mol. The van der Waals surface area contributed by atoms with Crippen molar-refractivity contribution in [1.29, 1.82) is 0 Å². The van der Waals surface area contributed by atoms with E-state index in [2.05, 4.69) is 23.2 Å². The van der Waals surface area contributed by atoms with Crippen molar-refractivity contribution in [1.82, 2.24) is 4.98 Å². The molecule has 2 heterocycles. The predicted octanol–water partition coefficient (Wildman–Crippen LogP) is 3.41. The van der Waals surface area contributed by atoms with Crippen molar-refractivity contribution in [3.8, 4) is 17.2 Å². The van der Waals surface area contributed by atoms with Crippen LogP contribution in [-0.2, 0) is 0 Å². The molecule has 4 heteroatoms. The van der Waals surface area contributed by atoms with Crippen LogP contribution in [0.3, 0.4) is 0 Å². The summed E-state index contributed by atoms with van der Waals surface area (Å²) in [6.07, 6.45) is 0. The summed E-state index contributed by atoms with van der Waals surface area (Å²) in [7, 11) is 1.70. The Labute approximate surface area is 116 Å².